The highest BCUT2D eigenvalue weighted by Crippen LogP contribution is 2.30. The highest BCUT2D eigenvalue weighted by molar-refractivity contribution is 5.85. The highest BCUT2D eigenvalue weighted by atomic mass is 35.5. The smallest absolute Gasteiger partial charge is 0.119 e. The fourth-order valence-corrected chi connectivity index (χ4v) is 2.12. The van der Waals surface area contributed by atoms with Crippen LogP contribution in [0.25, 0.3) is 0 Å². The first-order chi connectivity index (χ1) is 6.63. The molecule has 0 aromatic heterocycles. The maximum absolute atomic E-state index is 5.23. The number of rotatable bonds is 1. The molecule has 0 aliphatic carbocycles. The number of ether oxygens (including phenoxy) is 1. The monoisotopic (exact) mass is 227 g/mol. The minimum atomic E-state index is 0. The standard InChI is InChI=1S/C12H17NO.ClH/c1-12(2)11-5-4-10(14-3)8-9(11)6-7-13-12;/h4-5,8,13H,6-7H2,1-3H3;1H. The van der Waals surface area contributed by atoms with Gasteiger partial charge in [0.25, 0.3) is 0 Å². The van der Waals surface area contributed by atoms with Crippen LogP contribution in [0.4, 0.5) is 0 Å². The maximum Gasteiger partial charge on any atom is 0.119 e. The molecule has 2 rings (SSSR count). The van der Waals surface area contributed by atoms with Gasteiger partial charge in [-0.2, -0.15) is 0 Å². The SMILES string of the molecule is COc1ccc2c(c1)CCNC2(C)C.Cl. The summed E-state index contributed by atoms with van der Waals surface area (Å²) in [4.78, 5) is 0. The molecule has 0 radical (unpaired) electrons. The molecule has 0 amide bonds. The molecule has 1 aromatic rings. The van der Waals surface area contributed by atoms with E-state index in [1.54, 1.807) is 7.11 Å². The van der Waals surface area contributed by atoms with Crippen molar-refractivity contribution >= 4 is 12.4 Å². The number of fused-ring (bicyclic) bond motifs is 1. The minimum Gasteiger partial charge on any atom is -0.497 e. The van der Waals surface area contributed by atoms with Crippen molar-refractivity contribution in [2.75, 3.05) is 13.7 Å². The lowest BCUT2D eigenvalue weighted by molar-refractivity contribution is 0.377. The van der Waals surface area contributed by atoms with Gasteiger partial charge in [-0.25, -0.2) is 0 Å². The second-order valence-corrected chi connectivity index (χ2v) is 4.32. The number of halogens is 1. The molecular weight excluding hydrogens is 210 g/mol. The molecule has 1 N–H and O–H groups in total. The van der Waals surface area contributed by atoms with Crippen molar-refractivity contribution in [3.63, 3.8) is 0 Å². The van der Waals surface area contributed by atoms with Crippen LogP contribution in [-0.4, -0.2) is 13.7 Å². The predicted octanol–water partition coefficient (Wildman–Crippen LogP) is 2.50. The normalized spacial score (nSPS) is 17.5. The van der Waals surface area contributed by atoms with E-state index in [0.717, 1.165) is 18.7 Å². The Kier molecular flexibility index (Phi) is 3.63. The van der Waals surface area contributed by atoms with Crippen LogP contribution < -0.4 is 10.1 Å². The van der Waals surface area contributed by atoms with E-state index in [4.69, 9.17) is 4.74 Å². The van der Waals surface area contributed by atoms with Crippen LogP contribution in [0.1, 0.15) is 25.0 Å². The molecule has 1 aliphatic rings. The first kappa shape index (κ1) is 12.3. The molecule has 3 heteroatoms. The van der Waals surface area contributed by atoms with Gasteiger partial charge in [0.2, 0.25) is 0 Å². The van der Waals surface area contributed by atoms with E-state index in [1.165, 1.54) is 11.1 Å². The Bertz CT molecular complexity index is 349. The molecule has 0 bridgehead atoms. The molecule has 15 heavy (non-hydrogen) atoms. The summed E-state index contributed by atoms with van der Waals surface area (Å²) in [6, 6.07) is 6.35. The third-order valence-electron chi connectivity index (χ3n) is 2.95. The summed E-state index contributed by atoms with van der Waals surface area (Å²) in [6.07, 6.45) is 1.09. The van der Waals surface area contributed by atoms with Gasteiger partial charge in [-0.15, -0.1) is 12.4 Å². The van der Waals surface area contributed by atoms with Gasteiger partial charge in [-0.05, 0) is 50.1 Å². The van der Waals surface area contributed by atoms with Gasteiger partial charge in [0.1, 0.15) is 5.75 Å². The van der Waals surface area contributed by atoms with E-state index in [2.05, 4.69) is 31.3 Å². The van der Waals surface area contributed by atoms with E-state index in [-0.39, 0.29) is 17.9 Å². The molecule has 0 saturated carbocycles. The fraction of sp³-hybridized carbons (Fsp3) is 0.500. The Morgan fingerprint density at radius 2 is 2.07 bits per heavy atom. The highest BCUT2D eigenvalue weighted by Gasteiger charge is 2.26. The predicted molar refractivity (Wildman–Crippen MR) is 65.0 cm³/mol. The van der Waals surface area contributed by atoms with E-state index in [1.807, 2.05) is 6.07 Å². The van der Waals surface area contributed by atoms with Crippen LogP contribution in [0.15, 0.2) is 18.2 Å². The van der Waals surface area contributed by atoms with Gasteiger partial charge in [0.15, 0.2) is 0 Å². The first-order valence-electron chi connectivity index (χ1n) is 5.06. The summed E-state index contributed by atoms with van der Waals surface area (Å²) in [7, 11) is 1.72. The molecular formula is C12H18ClNO. The number of hydrogen-bond acceptors (Lipinski definition) is 2. The van der Waals surface area contributed by atoms with Crippen LogP contribution in [-0.2, 0) is 12.0 Å². The number of benzene rings is 1. The third kappa shape index (κ3) is 2.27. The van der Waals surface area contributed by atoms with E-state index in [0.29, 0.717) is 0 Å². The van der Waals surface area contributed by atoms with Gasteiger partial charge >= 0.3 is 0 Å². The quantitative estimate of drug-likeness (QED) is 0.796. The average Bonchev–Trinajstić information content (AvgIpc) is 2.16. The van der Waals surface area contributed by atoms with Crippen LogP contribution in [0.3, 0.4) is 0 Å². The van der Waals surface area contributed by atoms with Crippen molar-refractivity contribution in [2.45, 2.75) is 25.8 Å². The van der Waals surface area contributed by atoms with Gasteiger partial charge < -0.3 is 10.1 Å². The molecule has 0 fully saturated rings. The average molecular weight is 228 g/mol. The second-order valence-electron chi connectivity index (χ2n) is 4.32. The molecule has 1 aliphatic heterocycles. The Morgan fingerprint density at radius 1 is 1.33 bits per heavy atom. The van der Waals surface area contributed by atoms with Crippen molar-refractivity contribution in [1.29, 1.82) is 0 Å². The summed E-state index contributed by atoms with van der Waals surface area (Å²) < 4.78 is 5.23. The van der Waals surface area contributed by atoms with Gasteiger partial charge in [-0.3, -0.25) is 0 Å². The van der Waals surface area contributed by atoms with Gasteiger partial charge in [0.05, 0.1) is 7.11 Å². The zero-order valence-electron chi connectivity index (χ0n) is 9.46. The summed E-state index contributed by atoms with van der Waals surface area (Å²) in [6.45, 7) is 5.49. The Labute approximate surface area is 97.4 Å². The lowest BCUT2D eigenvalue weighted by atomic mass is 9.85. The summed E-state index contributed by atoms with van der Waals surface area (Å²) in [5.41, 5.74) is 2.90. The molecule has 0 unspecified atom stereocenters. The van der Waals surface area contributed by atoms with Crippen molar-refractivity contribution in [2.24, 2.45) is 0 Å². The lowest BCUT2D eigenvalue weighted by Gasteiger charge is -2.34. The van der Waals surface area contributed by atoms with Crippen LogP contribution in [0, 0.1) is 0 Å². The number of nitrogens with one attached hydrogen (secondary N) is 1. The van der Waals surface area contributed by atoms with Crippen molar-refractivity contribution in [3.05, 3.63) is 29.3 Å². The minimum absolute atomic E-state index is 0. The van der Waals surface area contributed by atoms with Crippen molar-refractivity contribution in [3.8, 4) is 5.75 Å². The zero-order chi connectivity index (χ0) is 10.2. The Morgan fingerprint density at radius 3 is 2.73 bits per heavy atom. The van der Waals surface area contributed by atoms with Gasteiger partial charge in [0, 0.05) is 5.54 Å². The van der Waals surface area contributed by atoms with E-state index >= 15 is 0 Å². The Balaban J connectivity index is 0.00000112. The van der Waals surface area contributed by atoms with Crippen LogP contribution >= 0.6 is 12.4 Å². The Hall–Kier alpha value is -0.730. The molecule has 1 heterocycles. The van der Waals surface area contributed by atoms with Crippen molar-refractivity contribution in [1.82, 2.24) is 5.32 Å². The first-order valence-corrected chi connectivity index (χ1v) is 5.06. The zero-order valence-corrected chi connectivity index (χ0v) is 10.3. The second kappa shape index (κ2) is 4.42. The molecule has 84 valence electrons. The topological polar surface area (TPSA) is 21.3 Å². The van der Waals surface area contributed by atoms with Gasteiger partial charge in [-0.1, -0.05) is 6.07 Å². The number of hydrogen-bond donors (Lipinski definition) is 1. The third-order valence-corrected chi connectivity index (χ3v) is 2.95. The lowest BCUT2D eigenvalue weighted by Crippen LogP contribution is -2.42. The molecule has 0 saturated heterocycles. The van der Waals surface area contributed by atoms with E-state index < -0.39 is 0 Å². The summed E-state index contributed by atoms with van der Waals surface area (Å²) >= 11 is 0. The van der Waals surface area contributed by atoms with Crippen molar-refractivity contribution < 1.29 is 4.74 Å². The largest absolute Gasteiger partial charge is 0.497 e. The van der Waals surface area contributed by atoms with Crippen LogP contribution in [0.5, 0.6) is 5.75 Å². The molecule has 2 nitrogen and oxygen atoms in total. The van der Waals surface area contributed by atoms with Crippen LogP contribution in [0.2, 0.25) is 0 Å². The maximum atomic E-state index is 5.23. The summed E-state index contributed by atoms with van der Waals surface area (Å²) in [5, 5.41) is 3.51. The summed E-state index contributed by atoms with van der Waals surface area (Å²) in [5.74, 6) is 0.960. The van der Waals surface area contributed by atoms with E-state index in [9.17, 15) is 0 Å². The fourth-order valence-electron chi connectivity index (χ4n) is 2.12. The number of methoxy groups -OCH3 is 1. The molecule has 0 atom stereocenters. The molecule has 1 aromatic carbocycles. The molecule has 0 spiro atoms.